The second-order valence-corrected chi connectivity index (χ2v) is 7.40. The van der Waals surface area contributed by atoms with E-state index in [1.165, 1.54) is 12.1 Å². The molecule has 0 radical (unpaired) electrons. The van der Waals surface area contributed by atoms with E-state index in [9.17, 15) is 9.18 Å². The number of piperidine rings is 1. The fourth-order valence-corrected chi connectivity index (χ4v) is 3.76. The normalized spacial score (nSPS) is 22.2. The van der Waals surface area contributed by atoms with Gasteiger partial charge in [-0.1, -0.05) is 6.92 Å². The highest BCUT2D eigenvalue weighted by Gasteiger charge is 2.23. The molecule has 5 nitrogen and oxygen atoms in total. The zero-order valence-electron chi connectivity index (χ0n) is 15.4. The van der Waals surface area contributed by atoms with Crippen molar-refractivity contribution in [3.8, 4) is 5.75 Å². The second-order valence-electron chi connectivity index (χ2n) is 7.40. The number of carbonyl (C=O) groups is 1. The lowest BCUT2D eigenvalue weighted by molar-refractivity contribution is -0.117. The average Bonchev–Trinajstić information content (AvgIpc) is 3.15. The first-order valence-corrected chi connectivity index (χ1v) is 9.66. The van der Waals surface area contributed by atoms with Crippen molar-refractivity contribution in [1.82, 2.24) is 5.32 Å². The highest BCUT2D eigenvalue weighted by atomic mass is 19.1. The van der Waals surface area contributed by atoms with E-state index in [1.54, 1.807) is 6.07 Å². The quantitative estimate of drug-likeness (QED) is 0.779. The van der Waals surface area contributed by atoms with Crippen molar-refractivity contribution in [2.45, 2.75) is 45.1 Å². The van der Waals surface area contributed by atoms with Crippen LogP contribution in [0.2, 0.25) is 0 Å². The van der Waals surface area contributed by atoms with Crippen molar-refractivity contribution >= 4 is 11.6 Å². The van der Waals surface area contributed by atoms with Crippen LogP contribution in [0, 0.1) is 17.7 Å². The molecule has 2 N–H and O–H groups in total. The van der Waals surface area contributed by atoms with E-state index in [1.807, 2.05) is 0 Å². The Morgan fingerprint density at radius 3 is 2.92 bits per heavy atom. The fourth-order valence-electron chi connectivity index (χ4n) is 3.76. The monoisotopic (exact) mass is 364 g/mol. The molecule has 0 aromatic heterocycles. The highest BCUT2D eigenvalue weighted by molar-refractivity contribution is 5.92. The van der Waals surface area contributed by atoms with Crippen LogP contribution in [0.25, 0.3) is 0 Å². The van der Waals surface area contributed by atoms with Crippen LogP contribution in [0.3, 0.4) is 0 Å². The number of amides is 1. The first-order chi connectivity index (χ1) is 12.6. The molecule has 2 aliphatic rings. The number of hydrogen-bond acceptors (Lipinski definition) is 4. The van der Waals surface area contributed by atoms with Gasteiger partial charge < -0.3 is 20.1 Å². The largest absolute Gasteiger partial charge is 0.489 e. The molecule has 1 amide bonds. The van der Waals surface area contributed by atoms with Crippen molar-refractivity contribution in [3.63, 3.8) is 0 Å². The number of nitrogens with one attached hydrogen (secondary N) is 2. The zero-order chi connectivity index (χ0) is 18.4. The van der Waals surface area contributed by atoms with Crippen molar-refractivity contribution in [3.05, 3.63) is 24.0 Å². The van der Waals surface area contributed by atoms with Crippen LogP contribution in [-0.2, 0) is 9.53 Å². The van der Waals surface area contributed by atoms with Crippen LogP contribution in [0.1, 0.15) is 39.0 Å². The molecule has 2 atom stereocenters. The summed E-state index contributed by atoms with van der Waals surface area (Å²) >= 11 is 0. The molecule has 6 heteroatoms. The summed E-state index contributed by atoms with van der Waals surface area (Å²) < 4.78 is 25.0. The van der Waals surface area contributed by atoms with E-state index in [2.05, 4.69) is 17.6 Å². The molecule has 2 fully saturated rings. The molecule has 2 aliphatic heterocycles. The van der Waals surface area contributed by atoms with Crippen molar-refractivity contribution in [1.29, 1.82) is 0 Å². The number of ether oxygens (including phenoxy) is 2. The van der Waals surface area contributed by atoms with Gasteiger partial charge in [0.2, 0.25) is 5.91 Å². The van der Waals surface area contributed by atoms with Crippen LogP contribution in [0.5, 0.6) is 5.75 Å². The predicted molar refractivity (Wildman–Crippen MR) is 98.9 cm³/mol. The third kappa shape index (κ3) is 5.42. The summed E-state index contributed by atoms with van der Waals surface area (Å²) in [7, 11) is 0. The minimum Gasteiger partial charge on any atom is -0.489 e. The Kier molecular flexibility index (Phi) is 6.86. The van der Waals surface area contributed by atoms with Gasteiger partial charge in [0.25, 0.3) is 0 Å². The highest BCUT2D eigenvalue weighted by Crippen LogP contribution is 2.28. The van der Waals surface area contributed by atoms with Crippen LogP contribution in [0.15, 0.2) is 18.2 Å². The van der Waals surface area contributed by atoms with Crippen molar-refractivity contribution in [2.75, 3.05) is 31.6 Å². The third-order valence-electron chi connectivity index (χ3n) is 5.36. The Bertz CT molecular complexity index is 599. The molecule has 26 heavy (non-hydrogen) atoms. The number of rotatable bonds is 7. The van der Waals surface area contributed by atoms with Crippen molar-refractivity contribution < 1.29 is 18.7 Å². The van der Waals surface area contributed by atoms with Gasteiger partial charge >= 0.3 is 0 Å². The number of halogens is 1. The van der Waals surface area contributed by atoms with E-state index in [-0.39, 0.29) is 12.0 Å². The van der Waals surface area contributed by atoms with Crippen LogP contribution < -0.4 is 15.4 Å². The maximum absolute atomic E-state index is 13.7. The molecule has 0 saturated carbocycles. The SMILES string of the molecule is CC(CC(=O)Nc1cc(F)ccc1OCC1CCCO1)C1CCNCC1. The Morgan fingerprint density at radius 2 is 2.19 bits per heavy atom. The molecule has 2 saturated heterocycles. The van der Waals surface area contributed by atoms with Gasteiger partial charge in [0.1, 0.15) is 18.2 Å². The van der Waals surface area contributed by atoms with Gasteiger partial charge in [0, 0.05) is 19.1 Å². The number of carbonyl (C=O) groups excluding carboxylic acids is 1. The van der Waals surface area contributed by atoms with E-state index in [0.29, 0.717) is 36.3 Å². The van der Waals surface area contributed by atoms with Gasteiger partial charge in [-0.2, -0.15) is 0 Å². The van der Waals surface area contributed by atoms with E-state index >= 15 is 0 Å². The lowest BCUT2D eigenvalue weighted by atomic mass is 9.84. The first kappa shape index (κ1) is 19.1. The minimum absolute atomic E-state index is 0.0727. The maximum Gasteiger partial charge on any atom is 0.224 e. The summed E-state index contributed by atoms with van der Waals surface area (Å²) in [6, 6.07) is 4.23. The summed E-state index contributed by atoms with van der Waals surface area (Å²) in [6.07, 6.45) is 4.72. The van der Waals surface area contributed by atoms with Crippen LogP contribution in [-0.4, -0.2) is 38.3 Å². The second kappa shape index (κ2) is 9.33. The van der Waals surface area contributed by atoms with Crippen molar-refractivity contribution in [2.24, 2.45) is 11.8 Å². The molecular weight excluding hydrogens is 335 g/mol. The van der Waals surface area contributed by atoms with E-state index in [0.717, 1.165) is 45.4 Å². The molecular formula is C20H29FN2O3. The van der Waals surface area contributed by atoms with Gasteiger partial charge in [0.05, 0.1) is 11.8 Å². The van der Waals surface area contributed by atoms with Gasteiger partial charge in [0.15, 0.2) is 0 Å². The molecule has 1 aromatic rings. The lowest BCUT2D eigenvalue weighted by Gasteiger charge is -2.28. The number of hydrogen-bond donors (Lipinski definition) is 2. The topological polar surface area (TPSA) is 59.6 Å². The maximum atomic E-state index is 13.7. The molecule has 144 valence electrons. The predicted octanol–water partition coefficient (Wildman–Crippen LogP) is 3.35. The Morgan fingerprint density at radius 1 is 1.38 bits per heavy atom. The molecule has 3 rings (SSSR count). The van der Waals surface area contributed by atoms with Gasteiger partial charge in [-0.3, -0.25) is 4.79 Å². The average molecular weight is 364 g/mol. The lowest BCUT2D eigenvalue weighted by Crippen LogP contribution is -2.32. The van der Waals surface area contributed by atoms with E-state index in [4.69, 9.17) is 9.47 Å². The first-order valence-electron chi connectivity index (χ1n) is 9.66. The van der Waals surface area contributed by atoms with Gasteiger partial charge in [-0.15, -0.1) is 0 Å². The van der Waals surface area contributed by atoms with Crippen LogP contribution in [0.4, 0.5) is 10.1 Å². The molecule has 2 heterocycles. The summed E-state index contributed by atoms with van der Waals surface area (Å²) in [6.45, 7) is 5.33. The zero-order valence-corrected chi connectivity index (χ0v) is 15.4. The Hall–Kier alpha value is -1.66. The third-order valence-corrected chi connectivity index (χ3v) is 5.36. The van der Waals surface area contributed by atoms with Crippen LogP contribution >= 0.6 is 0 Å². The molecule has 0 aliphatic carbocycles. The van der Waals surface area contributed by atoms with E-state index < -0.39 is 5.82 Å². The Labute approximate surface area is 154 Å². The number of anilines is 1. The van der Waals surface area contributed by atoms with Gasteiger partial charge in [-0.25, -0.2) is 4.39 Å². The summed E-state index contributed by atoms with van der Waals surface area (Å²) in [5.41, 5.74) is 0.394. The molecule has 0 bridgehead atoms. The standard InChI is InChI=1S/C20H29FN2O3/c1-14(15-6-8-22-9-7-15)11-20(24)23-18-12-16(21)4-5-19(18)26-13-17-3-2-10-25-17/h4-5,12,14-15,17,22H,2-3,6-11,13H2,1H3,(H,23,24). The molecule has 2 unspecified atom stereocenters. The molecule has 0 spiro atoms. The smallest absolute Gasteiger partial charge is 0.224 e. The fraction of sp³-hybridized carbons (Fsp3) is 0.650. The summed E-state index contributed by atoms with van der Waals surface area (Å²) in [4.78, 5) is 12.5. The summed E-state index contributed by atoms with van der Waals surface area (Å²) in [5.74, 6) is 0.871. The Balaban J connectivity index is 1.56. The molecule has 1 aromatic carbocycles. The minimum atomic E-state index is -0.392. The van der Waals surface area contributed by atoms with Gasteiger partial charge in [-0.05, 0) is 62.7 Å². The number of benzene rings is 1. The summed E-state index contributed by atoms with van der Waals surface area (Å²) in [5, 5.41) is 6.18.